The number of hydrogen-bond donors (Lipinski definition) is 3. The zero-order valence-corrected chi connectivity index (χ0v) is 10.8. The molecule has 1 fully saturated rings. The molecule has 1 aliphatic rings. The molecular weight excluding hydrogens is 258 g/mol. The highest BCUT2D eigenvalue weighted by atomic mass is 16.3. The standard InChI is InChI=1S/C14H15N3O3/c15-9-1-3-11-8(5-9)6-12(20-11)14(19)16-7-10-2-4-13(18)17-10/h1,3,5-6,10H,2,4,7,15H2,(H,16,19)(H,17,18). The number of nitrogens with one attached hydrogen (secondary N) is 2. The molecule has 0 bridgehead atoms. The Labute approximate surface area is 115 Å². The number of nitrogen functional groups attached to an aromatic ring is 1. The van der Waals surface area contributed by atoms with Crippen molar-refractivity contribution in [3.63, 3.8) is 0 Å². The van der Waals surface area contributed by atoms with E-state index in [0.717, 1.165) is 11.8 Å². The summed E-state index contributed by atoms with van der Waals surface area (Å²) in [5.41, 5.74) is 6.93. The van der Waals surface area contributed by atoms with Crippen LogP contribution in [-0.4, -0.2) is 24.4 Å². The summed E-state index contributed by atoms with van der Waals surface area (Å²) in [5.74, 6) is -0.0145. The minimum Gasteiger partial charge on any atom is -0.451 e. The zero-order valence-electron chi connectivity index (χ0n) is 10.8. The quantitative estimate of drug-likeness (QED) is 0.727. The normalized spacial score (nSPS) is 18.2. The van der Waals surface area contributed by atoms with Crippen LogP contribution in [-0.2, 0) is 4.79 Å². The number of fused-ring (bicyclic) bond motifs is 1. The lowest BCUT2D eigenvalue weighted by Gasteiger charge is -2.09. The molecule has 6 heteroatoms. The van der Waals surface area contributed by atoms with E-state index in [0.29, 0.717) is 24.2 Å². The van der Waals surface area contributed by atoms with E-state index in [9.17, 15) is 9.59 Å². The fourth-order valence-electron chi connectivity index (χ4n) is 2.31. The summed E-state index contributed by atoms with van der Waals surface area (Å²) >= 11 is 0. The van der Waals surface area contributed by atoms with Crippen LogP contribution in [0.3, 0.4) is 0 Å². The molecule has 20 heavy (non-hydrogen) atoms. The maximum atomic E-state index is 12.0. The Morgan fingerprint density at radius 1 is 1.45 bits per heavy atom. The Kier molecular flexibility index (Phi) is 3.06. The molecule has 0 radical (unpaired) electrons. The average molecular weight is 273 g/mol. The second kappa shape index (κ2) is 4.88. The van der Waals surface area contributed by atoms with Gasteiger partial charge >= 0.3 is 0 Å². The molecule has 104 valence electrons. The van der Waals surface area contributed by atoms with Gasteiger partial charge in [0.25, 0.3) is 5.91 Å². The predicted molar refractivity (Wildman–Crippen MR) is 74.1 cm³/mol. The van der Waals surface area contributed by atoms with Gasteiger partial charge < -0.3 is 20.8 Å². The molecule has 6 nitrogen and oxygen atoms in total. The highest BCUT2D eigenvalue weighted by Gasteiger charge is 2.21. The van der Waals surface area contributed by atoms with E-state index >= 15 is 0 Å². The van der Waals surface area contributed by atoms with Gasteiger partial charge in [-0.25, -0.2) is 0 Å². The maximum absolute atomic E-state index is 12.0. The van der Waals surface area contributed by atoms with Crippen molar-refractivity contribution in [3.8, 4) is 0 Å². The summed E-state index contributed by atoms with van der Waals surface area (Å²) in [6, 6.07) is 6.88. The molecule has 2 amide bonds. The van der Waals surface area contributed by atoms with Crippen molar-refractivity contribution in [2.24, 2.45) is 0 Å². The van der Waals surface area contributed by atoms with Crippen molar-refractivity contribution >= 4 is 28.5 Å². The van der Waals surface area contributed by atoms with E-state index in [1.165, 1.54) is 0 Å². The first-order valence-corrected chi connectivity index (χ1v) is 6.48. The molecule has 1 aromatic heterocycles. The van der Waals surface area contributed by atoms with E-state index in [1.807, 2.05) is 0 Å². The topological polar surface area (TPSA) is 97.4 Å². The van der Waals surface area contributed by atoms with Gasteiger partial charge in [-0.1, -0.05) is 0 Å². The third kappa shape index (κ3) is 2.45. The van der Waals surface area contributed by atoms with Gasteiger partial charge in [0.15, 0.2) is 5.76 Å². The molecule has 3 rings (SSSR count). The Bertz CT molecular complexity index is 677. The van der Waals surface area contributed by atoms with E-state index in [1.54, 1.807) is 24.3 Å². The number of carbonyl (C=O) groups is 2. The largest absolute Gasteiger partial charge is 0.451 e. The summed E-state index contributed by atoms with van der Waals surface area (Å²) < 4.78 is 5.47. The Balaban J connectivity index is 1.67. The molecule has 4 N–H and O–H groups in total. The lowest BCUT2D eigenvalue weighted by atomic mass is 10.2. The van der Waals surface area contributed by atoms with E-state index in [2.05, 4.69) is 10.6 Å². The molecular formula is C14H15N3O3. The number of nitrogens with two attached hydrogens (primary N) is 1. The highest BCUT2D eigenvalue weighted by molar-refractivity contribution is 5.96. The van der Waals surface area contributed by atoms with Gasteiger partial charge in [0.2, 0.25) is 5.91 Å². The fraction of sp³-hybridized carbons (Fsp3) is 0.286. The number of benzene rings is 1. The van der Waals surface area contributed by atoms with E-state index in [-0.39, 0.29) is 23.6 Å². The van der Waals surface area contributed by atoms with Crippen molar-refractivity contribution in [1.29, 1.82) is 0 Å². The summed E-state index contributed by atoms with van der Waals surface area (Å²) in [4.78, 5) is 23.1. The minimum atomic E-state index is -0.291. The molecule has 1 atom stereocenters. The third-order valence-corrected chi connectivity index (χ3v) is 3.36. The molecule has 1 aliphatic heterocycles. The first-order chi connectivity index (χ1) is 9.61. The van der Waals surface area contributed by atoms with Gasteiger partial charge in [-0.15, -0.1) is 0 Å². The molecule has 0 spiro atoms. The van der Waals surface area contributed by atoms with Crippen molar-refractivity contribution in [3.05, 3.63) is 30.0 Å². The van der Waals surface area contributed by atoms with Crippen LogP contribution >= 0.6 is 0 Å². The number of furan rings is 1. The van der Waals surface area contributed by atoms with Crippen LogP contribution in [0.5, 0.6) is 0 Å². The summed E-state index contributed by atoms with van der Waals surface area (Å²) in [7, 11) is 0. The van der Waals surface area contributed by atoms with Crippen LogP contribution < -0.4 is 16.4 Å². The van der Waals surface area contributed by atoms with E-state index in [4.69, 9.17) is 10.2 Å². The van der Waals surface area contributed by atoms with Gasteiger partial charge in [0.1, 0.15) is 5.58 Å². The smallest absolute Gasteiger partial charge is 0.287 e. The van der Waals surface area contributed by atoms with Gasteiger partial charge in [-0.3, -0.25) is 9.59 Å². The number of carbonyl (C=O) groups excluding carboxylic acids is 2. The zero-order chi connectivity index (χ0) is 14.1. The SMILES string of the molecule is Nc1ccc2oc(C(=O)NCC3CCC(=O)N3)cc2c1. The van der Waals surface area contributed by atoms with Gasteiger partial charge in [-0.05, 0) is 30.7 Å². The Morgan fingerprint density at radius 2 is 2.30 bits per heavy atom. The lowest BCUT2D eigenvalue weighted by molar-refractivity contribution is -0.119. The van der Waals surface area contributed by atoms with Gasteiger partial charge in [0.05, 0.1) is 0 Å². The molecule has 2 heterocycles. The lowest BCUT2D eigenvalue weighted by Crippen LogP contribution is -2.38. The number of rotatable bonds is 3. The van der Waals surface area contributed by atoms with Crippen LogP contribution in [0.1, 0.15) is 23.4 Å². The average Bonchev–Trinajstić information content (AvgIpc) is 3.01. The van der Waals surface area contributed by atoms with Crippen molar-refractivity contribution in [2.75, 3.05) is 12.3 Å². The predicted octanol–water partition coefficient (Wildman–Crippen LogP) is 1.02. The van der Waals surface area contributed by atoms with Crippen LogP contribution in [0.15, 0.2) is 28.7 Å². The molecule has 0 saturated carbocycles. The van der Waals surface area contributed by atoms with Gasteiger partial charge in [-0.2, -0.15) is 0 Å². The molecule has 1 unspecified atom stereocenters. The van der Waals surface area contributed by atoms with E-state index < -0.39 is 0 Å². The van der Waals surface area contributed by atoms with Crippen LogP contribution in [0.2, 0.25) is 0 Å². The summed E-state index contributed by atoms with van der Waals surface area (Å²) in [5, 5.41) is 6.35. The Morgan fingerprint density at radius 3 is 3.05 bits per heavy atom. The highest BCUT2D eigenvalue weighted by Crippen LogP contribution is 2.21. The van der Waals surface area contributed by atoms with Crippen LogP contribution in [0.25, 0.3) is 11.0 Å². The molecule has 1 saturated heterocycles. The number of anilines is 1. The van der Waals surface area contributed by atoms with Crippen molar-refractivity contribution in [2.45, 2.75) is 18.9 Å². The minimum absolute atomic E-state index is 0.00599. The van der Waals surface area contributed by atoms with Crippen LogP contribution in [0, 0.1) is 0 Å². The van der Waals surface area contributed by atoms with Crippen LogP contribution in [0.4, 0.5) is 5.69 Å². The molecule has 1 aromatic carbocycles. The molecule has 0 aliphatic carbocycles. The van der Waals surface area contributed by atoms with Gasteiger partial charge in [0, 0.05) is 30.1 Å². The monoisotopic (exact) mass is 273 g/mol. The third-order valence-electron chi connectivity index (χ3n) is 3.36. The second-order valence-corrected chi connectivity index (χ2v) is 4.92. The first-order valence-electron chi connectivity index (χ1n) is 6.48. The molecule has 2 aromatic rings. The first kappa shape index (κ1) is 12.5. The van der Waals surface area contributed by atoms with Crippen molar-refractivity contribution < 1.29 is 14.0 Å². The fourth-order valence-corrected chi connectivity index (χ4v) is 2.31. The summed E-state index contributed by atoms with van der Waals surface area (Å²) in [6.07, 6.45) is 1.26. The van der Waals surface area contributed by atoms with Crippen molar-refractivity contribution in [1.82, 2.24) is 10.6 Å². The second-order valence-electron chi connectivity index (χ2n) is 4.92. The maximum Gasteiger partial charge on any atom is 0.287 e. The number of amides is 2. The Hall–Kier alpha value is -2.50. The number of hydrogen-bond acceptors (Lipinski definition) is 4. The summed E-state index contributed by atoms with van der Waals surface area (Å²) in [6.45, 7) is 0.407.